The van der Waals surface area contributed by atoms with E-state index < -0.39 is 0 Å². The zero-order valence-electron chi connectivity index (χ0n) is 12.3. The number of rotatable bonds is 5. The first kappa shape index (κ1) is 14.1. The number of hydrogen-bond donors (Lipinski definition) is 1. The van der Waals surface area contributed by atoms with Crippen LogP contribution < -0.4 is 15.6 Å². The lowest BCUT2D eigenvalue weighted by atomic mass is 10.2. The smallest absolute Gasteiger partial charge is 0.259 e. The van der Waals surface area contributed by atoms with Crippen LogP contribution in [0, 0.1) is 6.92 Å². The van der Waals surface area contributed by atoms with Crippen LogP contribution in [0.2, 0.25) is 0 Å². The van der Waals surface area contributed by atoms with E-state index in [4.69, 9.17) is 4.74 Å². The lowest BCUT2D eigenvalue weighted by Gasteiger charge is -2.09. The number of nitrogens with zero attached hydrogens (tertiary/aromatic N) is 2. The number of anilines is 1. The van der Waals surface area contributed by atoms with Gasteiger partial charge in [0.15, 0.2) is 0 Å². The molecule has 0 amide bonds. The zero-order chi connectivity index (χ0) is 15.4. The van der Waals surface area contributed by atoms with Crippen LogP contribution in [-0.4, -0.2) is 22.5 Å². The Morgan fingerprint density at radius 1 is 1.18 bits per heavy atom. The van der Waals surface area contributed by atoms with Gasteiger partial charge in [0.1, 0.15) is 23.8 Å². The molecule has 0 aliphatic carbocycles. The molecule has 0 fully saturated rings. The molecule has 0 saturated carbocycles. The topological polar surface area (TPSA) is 55.6 Å². The molecule has 2 heterocycles. The van der Waals surface area contributed by atoms with Gasteiger partial charge in [-0.3, -0.25) is 9.20 Å². The predicted octanol–water partition coefficient (Wildman–Crippen LogP) is 2.49. The highest BCUT2D eigenvalue weighted by Crippen LogP contribution is 2.12. The van der Waals surface area contributed by atoms with E-state index in [0.717, 1.165) is 11.3 Å². The molecule has 0 radical (unpaired) electrons. The molecule has 0 saturated heterocycles. The normalized spacial score (nSPS) is 10.6. The fourth-order valence-corrected chi connectivity index (χ4v) is 2.20. The number of pyridine rings is 1. The van der Waals surface area contributed by atoms with Crippen molar-refractivity contribution in [3.63, 3.8) is 0 Å². The molecule has 3 aromatic rings. The fourth-order valence-electron chi connectivity index (χ4n) is 2.20. The van der Waals surface area contributed by atoms with Gasteiger partial charge in [0.2, 0.25) is 0 Å². The molecule has 0 unspecified atom stereocenters. The van der Waals surface area contributed by atoms with E-state index >= 15 is 0 Å². The van der Waals surface area contributed by atoms with E-state index in [0.29, 0.717) is 24.6 Å². The summed E-state index contributed by atoms with van der Waals surface area (Å²) in [6.45, 7) is 3.10. The highest BCUT2D eigenvalue weighted by molar-refractivity contribution is 5.46. The summed E-state index contributed by atoms with van der Waals surface area (Å²) in [5, 5.41) is 3.11. The number of fused-ring (bicyclic) bond motifs is 1. The van der Waals surface area contributed by atoms with Crippen LogP contribution in [-0.2, 0) is 0 Å². The molecular formula is C17H17N3O2. The van der Waals surface area contributed by atoms with Gasteiger partial charge < -0.3 is 10.1 Å². The summed E-state index contributed by atoms with van der Waals surface area (Å²) >= 11 is 0. The van der Waals surface area contributed by atoms with Crippen LogP contribution in [0.15, 0.2) is 59.5 Å². The highest BCUT2D eigenvalue weighted by Gasteiger charge is 2.01. The third-order valence-corrected chi connectivity index (χ3v) is 3.24. The van der Waals surface area contributed by atoms with Crippen molar-refractivity contribution in [2.75, 3.05) is 18.5 Å². The van der Waals surface area contributed by atoms with Crippen molar-refractivity contribution in [3.8, 4) is 5.75 Å². The van der Waals surface area contributed by atoms with E-state index in [1.165, 1.54) is 10.5 Å². The number of ether oxygens (including phenoxy) is 1. The Labute approximate surface area is 128 Å². The molecule has 2 aromatic heterocycles. The molecule has 1 aromatic carbocycles. The minimum atomic E-state index is -0.104. The van der Waals surface area contributed by atoms with E-state index in [2.05, 4.69) is 10.3 Å². The Balaban J connectivity index is 1.61. The minimum Gasteiger partial charge on any atom is -0.492 e. The molecule has 0 spiro atoms. The lowest BCUT2D eigenvalue weighted by Crippen LogP contribution is -2.18. The maximum Gasteiger partial charge on any atom is 0.259 e. The second-order valence-electron chi connectivity index (χ2n) is 5.00. The molecule has 0 aliphatic rings. The Kier molecular flexibility index (Phi) is 4.05. The first-order valence-electron chi connectivity index (χ1n) is 7.14. The Bertz CT molecular complexity index is 842. The molecule has 112 valence electrons. The minimum absolute atomic E-state index is 0.104. The molecule has 22 heavy (non-hydrogen) atoms. The largest absolute Gasteiger partial charge is 0.492 e. The van der Waals surface area contributed by atoms with Crippen molar-refractivity contribution < 1.29 is 4.74 Å². The fraction of sp³-hybridized carbons (Fsp3) is 0.176. The monoisotopic (exact) mass is 295 g/mol. The van der Waals surface area contributed by atoms with Gasteiger partial charge >= 0.3 is 0 Å². The Hall–Kier alpha value is -2.82. The van der Waals surface area contributed by atoms with Crippen LogP contribution in [0.4, 0.5) is 5.82 Å². The quantitative estimate of drug-likeness (QED) is 0.735. The van der Waals surface area contributed by atoms with Gasteiger partial charge in [0.25, 0.3) is 5.56 Å². The van der Waals surface area contributed by atoms with Crippen LogP contribution in [0.3, 0.4) is 0 Å². The maximum atomic E-state index is 11.9. The lowest BCUT2D eigenvalue weighted by molar-refractivity contribution is 0.332. The first-order valence-corrected chi connectivity index (χ1v) is 7.14. The molecule has 0 bridgehead atoms. The van der Waals surface area contributed by atoms with Crippen LogP contribution in [0.5, 0.6) is 5.75 Å². The maximum absolute atomic E-state index is 11.9. The average molecular weight is 295 g/mol. The molecule has 3 rings (SSSR count). The number of aryl methyl sites for hydroxylation is 1. The molecule has 5 heteroatoms. The Morgan fingerprint density at radius 2 is 2.09 bits per heavy atom. The second-order valence-corrected chi connectivity index (χ2v) is 5.00. The first-order chi connectivity index (χ1) is 10.7. The predicted molar refractivity (Wildman–Crippen MR) is 86.6 cm³/mol. The third-order valence-electron chi connectivity index (χ3n) is 3.24. The highest BCUT2D eigenvalue weighted by atomic mass is 16.5. The standard InChI is InChI=1S/C17H17N3O2/c1-13-5-4-6-14(11-13)22-10-8-18-15-12-17(21)20-9-3-2-7-16(20)19-15/h2-7,9,11-12,18H,8,10H2,1H3. The van der Waals surface area contributed by atoms with Gasteiger partial charge in [0, 0.05) is 12.3 Å². The second kappa shape index (κ2) is 6.30. The van der Waals surface area contributed by atoms with Crippen molar-refractivity contribution in [1.82, 2.24) is 9.38 Å². The summed E-state index contributed by atoms with van der Waals surface area (Å²) in [5.74, 6) is 1.40. The number of nitrogens with one attached hydrogen (secondary N) is 1. The average Bonchev–Trinajstić information content (AvgIpc) is 2.52. The molecular weight excluding hydrogens is 278 g/mol. The van der Waals surface area contributed by atoms with E-state index in [1.807, 2.05) is 37.3 Å². The zero-order valence-corrected chi connectivity index (χ0v) is 12.3. The van der Waals surface area contributed by atoms with Crippen molar-refractivity contribution in [2.45, 2.75) is 6.92 Å². The summed E-state index contributed by atoms with van der Waals surface area (Å²) in [7, 11) is 0. The van der Waals surface area contributed by atoms with Crippen molar-refractivity contribution in [3.05, 3.63) is 70.6 Å². The summed E-state index contributed by atoms with van der Waals surface area (Å²) in [4.78, 5) is 16.3. The SMILES string of the molecule is Cc1cccc(OCCNc2cc(=O)n3ccccc3n2)c1. The van der Waals surface area contributed by atoms with Crippen LogP contribution in [0.1, 0.15) is 5.56 Å². The van der Waals surface area contributed by atoms with Crippen molar-refractivity contribution in [1.29, 1.82) is 0 Å². The number of hydrogen-bond acceptors (Lipinski definition) is 4. The number of aromatic nitrogens is 2. The molecule has 5 nitrogen and oxygen atoms in total. The van der Waals surface area contributed by atoms with E-state index in [-0.39, 0.29) is 5.56 Å². The third kappa shape index (κ3) is 3.25. The molecule has 1 N–H and O–H groups in total. The molecule has 0 atom stereocenters. The van der Waals surface area contributed by atoms with Gasteiger partial charge in [-0.15, -0.1) is 0 Å². The van der Waals surface area contributed by atoms with Crippen LogP contribution >= 0.6 is 0 Å². The summed E-state index contributed by atoms with van der Waals surface area (Å²) in [6, 6.07) is 14.8. The van der Waals surface area contributed by atoms with Gasteiger partial charge in [-0.25, -0.2) is 4.98 Å². The summed E-state index contributed by atoms with van der Waals surface area (Å²) in [5.41, 5.74) is 1.68. The van der Waals surface area contributed by atoms with Gasteiger partial charge in [-0.1, -0.05) is 18.2 Å². The van der Waals surface area contributed by atoms with Crippen LogP contribution in [0.25, 0.3) is 5.65 Å². The van der Waals surface area contributed by atoms with Crippen molar-refractivity contribution >= 4 is 11.5 Å². The summed E-state index contributed by atoms with van der Waals surface area (Å²) in [6.07, 6.45) is 1.70. The van der Waals surface area contributed by atoms with Crippen molar-refractivity contribution in [2.24, 2.45) is 0 Å². The van der Waals surface area contributed by atoms with Gasteiger partial charge in [-0.2, -0.15) is 0 Å². The van der Waals surface area contributed by atoms with E-state index in [1.54, 1.807) is 18.3 Å². The number of benzene rings is 1. The summed E-state index contributed by atoms with van der Waals surface area (Å²) < 4.78 is 7.16. The van der Waals surface area contributed by atoms with E-state index in [9.17, 15) is 4.79 Å². The van der Waals surface area contributed by atoms with Gasteiger partial charge in [-0.05, 0) is 36.8 Å². The molecule has 0 aliphatic heterocycles. The Morgan fingerprint density at radius 3 is 2.95 bits per heavy atom. The van der Waals surface area contributed by atoms with Gasteiger partial charge in [0.05, 0.1) is 6.54 Å².